The van der Waals surface area contributed by atoms with Crippen LogP contribution in [0.15, 0.2) is 42.6 Å². The Labute approximate surface area is 146 Å². The van der Waals surface area contributed by atoms with Gasteiger partial charge in [0, 0.05) is 25.8 Å². The van der Waals surface area contributed by atoms with Gasteiger partial charge in [0.1, 0.15) is 11.6 Å². The SMILES string of the molecule is CC1CN(c2ccc(C(=O)NCc3ccc(F)cc3)cn2)CC(C)O1. The molecule has 2 unspecified atom stereocenters. The Hall–Kier alpha value is -2.47. The molecule has 2 atom stereocenters. The van der Waals surface area contributed by atoms with Crippen LogP contribution in [0.25, 0.3) is 0 Å². The van der Waals surface area contributed by atoms with Crippen molar-refractivity contribution in [3.63, 3.8) is 0 Å². The lowest BCUT2D eigenvalue weighted by Crippen LogP contribution is -2.45. The number of benzene rings is 1. The minimum absolute atomic E-state index is 0.157. The van der Waals surface area contributed by atoms with Crippen molar-refractivity contribution in [3.05, 3.63) is 59.5 Å². The molecule has 1 aromatic heterocycles. The molecule has 2 heterocycles. The summed E-state index contributed by atoms with van der Waals surface area (Å²) in [6.07, 6.45) is 1.90. The average Bonchev–Trinajstić information content (AvgIpc) is 2.60. The van der Waals surface area contributed by atoms with Crippen LogP contribution < -0.4 is 10.2 Å². The molecule has 1 aliphatic heterocycles. The molecule has 1 saturated heterocycles. The maximum atomic E-state index is 12.9. The molecule has 1 aromatic carbocycles. The van der Waals surface area contributed by atoms with Gasteiger partial charge in [-0.25, -0.2) is 9.37 Å². The summed E-state index contributed by atoms with van der Waals surface area (Å²) in [6.45, 7) is 6.00. The summed E-state index contributed by atoms with van der Waals surface area (Å²) in [6, 6.07) is 9.68. The summed E-state index contributed by atoms with van der Waals surface area (Å²) in [7, 11) is 0. The van der Waals surface area contributed by atoms with Gasteiger partial charge in [-0.05, 0) is 43.7 Å². The molecule has 0 aliphatic carbocycles. The summed E-state index contributed by atoms with van der Waals surface area (Å²) >= 11 is 0. The van der Waals surface area contributed by atoms with Crippen molar-refractivity contribution in [2.24, 2.45) is 0 Å². The number of morpholine rings is 1. The number of anilines is 1. The summed E-state index contributed by atoms with van der Waals surface area (Å²) < 4.78 is 18.6. The second kappa shape index (κ2) is 7.61. The van der Waals surface area contributed by atoms with Crippen LogP contribution in [0.2, 0.25) is 0 Å². The van der Waals surface area contributed by atoms with Crippen molar-refractivity contribution in [3.8, 4) is 0 Å². The largest absolute Gasteiger partial charge is 0.372 e. The van der Waals surface area contributed by atoms with E-state index in [1.54, 1.807) is 24.4 Å². The Morgan fingerprint density at radius 3 is 2.48 bits per heavy atom. The molecule has 6 heteroatoms. The Kier molecular flexibility index (Phi) is 5.28. The Bertz CT molecular complexity index is 708. The van der Waals surface area contributed by atoms with Crippen LogP contribution in [0.4, 0.5) is 10.2 Å². The molecule has 25 heavy (non-hydrogen) atoms. The van der Waals surface area contributed by atoms with Gasteiger partial charge in [0.25, 0.3) is 5.91 Å². The van der Waals surface area contributed by atoms with E-state index in [2.05, 4.69) is 15.2 Å². The van der Waals surface area contributed by atoms with Gasteiger partial charge < -0.3 is 15.0 Å². The van der Waals surface area contributed by atoms with Crippen molar-refractivity contribution in [1.82, 2.24) is 10.3 Å². The number of pyridine rings is 1. The molecule has 0 spiro atoms. The predicted molar refractivity (Wildman–Crippen MR) is 94.0 cm³/mol. The van der Waals surface area contributed by atoms with E-state index in [0.717, 1.165) is 24.5 Å². The Morgan fingerprint density at radius 1 is 1.20 bits per heavy atom. The smallest absolute Gasteiger partial charge is 0.253 e. The van der Waals surface area contributed by atoms with E-state index in [4.69, 9.17) is 4.74 Å². The maximum absolute atomic E-state index is 12.9. The number of halogens is 1. The van der Waals surface area contributed by atoms with E-state index in [0.29, 0.717) is 12.1 Å². The van der Waals surface area contributed by atoms with Gasteiger partial charge in [0.05, 0.1) is 17.8 Å². The maximum Gasteiger partial charge on any atom is 0.253 e. The zero-order valence-electron chi connectivity index (χ0n) is 14.4. The number of hydrogen-bond donors (Lipinski definition) is 1. The molecule has 1 amide bonds. The number of aromatic nitrogens is 1. The number of carbonyl (C=O) groups excluding carboxylic acids is 1. The number of carbonyl (C=O) groups is 1. The zero-order valence-corrected chi connectivity index (χ0v) is 14.4. The molecule has 0 radical (unpaired) electrons. The Balaban J connectivity index is 1.59. The lowest BCUT2D eigenvalue weighted by molar-refractivity contribution is -0.00546. The van der Waals surface area contributed by atoms with Crippen molar-refractivity contribution in [1.29, 1.82) is 0 Å². The standard InChI is InChI=1S/C19H22FN3O2/c1-13-11-23(12-14(2)25-13)18-8-5-16(10-21-18)19(24)22-9-15-3-6-17(20)7-4-15/h3-8,10,13-14H,9,11-12H2,1-2H3,(H,22,24). The molecule has 0 bridgehead atoms. The van der Waals surface area contributed by atoms with Crippen molar-refractivity contribution >= 4 is 11.7 Å². The molecule has 132 valence electrons. The van der Waals surface area contributed by atoms with Crippen LogP contribution in [0, 0.1) is 5.82 Å². The van der Waals surface area contributed by atoms with Gasteiger partial charge in [-0.1, -0.05) is 12.1 Å². The molecular formula is C19H22FN3O2. The summed E-state index contributed by atoms with van der Waals surface area (Å²) in [5, 5.41) is 2.81. The third-order valence-electron chi connectivity index (χ3n) is 4.12. The molecule has 3 rings (SSSR count). The van der Waals surface area contributed by atoms with Gasteiger partial charge >= 0.3 is 0 Å². The monoisotopic (exact) mass is 343 g/mol. The van der Waals surface area contributed by atoms with Crippen molar-refractivity contribution in [2.75, 3.05) is 18.0 Å². The highest BCUT2D eigenvalue weighted by atomic mass is 19.1. The third-order valence-corrected chi connectivity index (χ3v) is 4.12. The van der Waals surface area contributed by atoms with E-state index in [1.165, 1.54) is 12.1 Å². The first-order chi connectivity index (χ1) is 12.0. The van der Waals surface area contributed by atoms with Crippen LogP contribution in [0.3, 0.4) is 0 Å². The molecular weight excluding hydrogens is 321 g/mol. The minimum Gasteiger partial charge on any atom is -0.372 e. The van der Waals surface area contributed by atoms with Gasteiger partial charge in [-0.2, -0.15) is 0 Å². The first-order valence-corrected chi connectivity index (χ1v) is 8.40. The third kappa shape index (κ3) is 4.54. The highest BCUT2D eigenvalue weighted by molar-refractivity contribution is 5.94. The van der Waals surface area contributed by atoms with Gasteiger partial charge in [0.2, 0.25) is 0 Å². The number of nitrogens with one attached hydrogen (secondary N) is 1. The molecule has 2 aromatic rings. The van der Waals surface area contributed by atoms with Gasteiger partial charge in [-0.3, -0.25) is 4.79 Å². The average molecular weight is 343 g/mol. The van der Waals surface area contributed by atoms with Crippen LogP contribution in [0.5, 0.6) is 0 Å². The summed E-state index contributed by atoms with van der Waals surface area (Å²) in [5.41, 5.74) is 1.34. The van der Waals surface area contributed by atoms with Gasteiger partial charge in [-0.15, -0.1) is 0 Å². The first kappa shape index (κ1) is 17.4. The van der Waals surface area contributed by atoms with Crippen LogP contribution in [0.1, 0.15) is 29.8 Å². The lowest BCUT2D eigenvalue weighted by Gasteiger charge is -2.36. The van der Waals surface area contributed by atoms with E-state index in [-0.39, 0.29) is 23.9 Å². The predicted octanol–water partition coefficient (Wildman–Crippen LogP) is 2.76. The number of rotatable bonds is 4. The summed E-state index contributed by atoms with van der Waals surface area (Å²) in [4.78, 5) is 18.8. The zero-order chi connectivity index (χ0) is 17.8. The van der Waals surface area contributed by atoms with Crippen molar-refractivity contribution in [2.45, 2.75) is 32.6 Å². The fraction of sp³-hybridized carbons (Fsp3) is 0.368. The quantitative estimate of drug-likeness (QED) is 0.927. The second-order valence-corrected chi connectivity index (χ2v) is 6.38. The summed E-state index contributed by atoms with van der Waals surface area (Å²) in [5.74, 6) is 0.353. The normalized spacial score (nSPS) is 20.4. The van der Waals surface area contributed by atoms with Crippen LogP contribution in [-0.2, 0) is 11.3 Å². The van der Waals surface area contributed by atoms with Crippen LogP contribution >= 0.6 is 0 Å². The highest BCUT2D eigenvalue weighted by Gasteiger charge is 2.23. The molecule has 1 aliphatic rings. The fourth-order valence-corrected chi connectivity index (χ4v) is 2.96. The van der Waals surface area contributed by atoms with E-state index in [1.807, 2.05) is 19.9 Å². The number of amides is 1. The van der Waals surface area contributed by atoms with E-state index < -0.39 is 0 Å². The highest BCUT2D eigenvalue weighted by Crippen LogP contribution is 2.18. The number of ether oxygens (including phenoxy) is 1. The molecule has 1 fully saturated rings. The second-order valence-electron chi connectivity index (χ2n) is 6.38. The lowest BCUT2D eigenvalue weighted by atomic mass is 10.2. The first-order valence-electron chi connectivity index (χ1n) is 8.40. The number of hydrogen-bond acceptors (Lipinski definition) is 4. The minimum atomic E-state index is -0.290. The van der Waals surface area contributed by atoms with Crippen molar-refractivity contribution < 1.29 is 13.9 Å². The van der Waals surface area contributed by atoms with Crippen LogP contribution in [-0.4, -0.2) is 36.2 Å². The molecule has 0 saturated carbocycles. The fourth-order valence-electron chi connectivity index (χ4n) is 2.96. The Morgan fingerprint density at radius 2 is 1.88 bits per heavy atom. The molecule has 5 nitrogen and oxygen atoms in total. The molecule has 1 N–H and O–H groups in total. The van der Waals surface area contributed by atoms with E-state index >= 15 is 0 Å². The van der Waals surface area contributed by atoms with E-state index in [9.17, 15) is 9.18 Å². The number of nitrogens with zero attached hydrogens (tertiary/aromatic N) is 2. The van der Waals surface area contributed by atoms with Gasteiger partial charge in [0.15, 0.2) is 0 Å². The topological polar surface area (TPSA) is 54.5 Å².